The molecule has 0 saturated heterocycles. The number of methoxy groups -OCH3 is 1. The van der Waals surface area contributed by atoms with E-state index in [1.165, 1.54) is 4.90 Å². The van der Waals surface area contributed by atoms with E-state index in [1.54, 1.807) is 20.2 Å². The van der Waals surface area contributed by atoms with Crippen molar-refractivity contribution in [3.63, 3.8) is 0 Å². The molecule has 0 heterocycles. The summed E-state index contributed by atoms with van der Waals surface area (Å²) < 4.78 is 10.7. The Kier molecular flexibility index (Phi) is 6.38. The number of amides is 1. The molecule has 0 spiro atoms. The van der Waals surface area contributed by atoms with Gasteiger partial charge in [-0.3, -0.25) is 4.79 Å². The van der Waals surface area contributed by atoms with Gasteiger partial charge in [0, 0.05) is 13.6 Å². The number of aryl methyl sites for hydroxylation is 1. The molecule has 20 heavy (non-hydrogen) atoms. The van der Waals surface area contributed by atoms with Crippen molar-refractivity contribution in [2.45, 2.75) is 19.8 Å². The maximum absolute atomic E-state index is 11.8. The standard InChI is InChI=1S/C15H20N2O3/c1-4-12-6-7-13(14(10-12)19-3)20-11-15(18)17(2)9-5-8-16/h6-7,10H,4-5,9,11H2,1-3H3. The van der Waals surface area contributed by atoms with Gasteiger partial charge in [-0.05, 0) is 24.1 Å². The van der Waals surface area contributed by atoms with Crippen LogP contribution in [0.25, 0.3) is 0 Å². The molecule has 1 rings (SSSR count). The van der Waals surface area contributed by atoms with E-state index in [1.807, 2.05) is 18.2 Å². The minimum absolute atomic E-state index is 0.0657. The normalized spacial score (nSPS) is 9.70. The lowest BCUT2D eigenvalue weighted by Crippen LogP contribution is -2.32. The third kappa shape index (κ3) is 4.47. The first-order chi connectivity index (χ1) is 9.62. The van der Waals surface area contributed by atoms with E-state index in [-0.39, 0.29) is 12.5 Å². The van der Waals surface area contributed by atoms with Crippen molar-refractivity contribution >= 4 is 5.91 Å². The summed E-state index contributed by atoms with van der Waals surface area (Å²) in [4.78, 5) is 13.3. The topological polar surface area (TPSA) is 62.6 Å². The highest BCUT2D eigenvalue weighted by molar-refractivity contribution is 5.77. The Labute approximate surface area is 119 Å². The molecular formula is C15H20N2O3. The molecule has 0 N–H and O–H groups in total. The van der Waals surface area contributed by atoms with E-state index in [9.17, 15) is 4.79 Å². The van der Waals surface area contributed by atoms with E-state index in [4.69, 9.17) is 14.7 Å². The smallest absolute Gasteiger partial charge is 0.260 e. The lowest BCUT2D eigenvalue weighted by atomic mass is 10.1. The number of carbonyl (C=O) groups is 1. The third-order valence-electron chi connectivity index (χ3n) is 2.97. The van der Waals surface area contributed by atoms with Crippen LogP contribution >= 0.6 is 0 Å². The van der Waals surface area contributed by atoms with Gasteiger partial charge in [0.05, 0.1) is 19.6 Å². The van der Waals surface area contributed by atoms with E-state index in [2.05, 4.69) is 6.92 Å². The summed E-state index contributed by atoms with van der Waals surface area (Å²) in [5.74, 6) is 1.01. The van der Waals surface area contributed by atoms with E-state index >= 15 is 0 Å². The van der Waals surface area contributed by atoms with Gasteiger partial charge in [0.15, 0.2) is 18.1 Å². The monoisotopic (exact) mass is 276 g/mol. The van der Waals surface area contributed by atoms with Gasteiger partial charge in [-0.2, -0.15) is 5.26 Å². The van der Waals surface area contributed by atoms with E-state index in [0.29, 0.717) is 24.5 Å². The summed E-state index contributed by atoms with van der Waals surface area (Å²) in [5, 5.41) is 8.49. The number of carbonyl (C=O) groups excluding carboxylic acids is 1. The van der Waals surface area contributed by atoms with Gasteiger partial charge < -0.3 is 14.4 Å². The molecule has 0 bridgehead atoms. The summed E-state index contributed by atoms with van der Waals surface area (Å²) in [7, 11) is 3.23. The maximum atomic E-state index is 11.8. The molecule has 0 saturated carbocycles. The average molecular weight is 276 g/mol. The van der Waals surface area contributed by atoms with Crippen LogP contribution in [0.5, 0.6) is 11.5 Å². The van der Waals surface area contributed by atoms with Crippen LogP contribution in [0.3, 0.4) is 0 Å². The van der Waals surface area contributed by atoms with Gasteiger partial charge in [0.2, 0.25) is 0 Å². The van der Waals surface area contributed by atoms with Gasteiger partial charge in [-0.1, -0.05) is 13.0 Å². The van der Waals surface area contributed by atoms with Crippen LogP contribution in [0.15, 0.2) is 18.2 Å². The van der Waals surface area contributed by atoms with Crippen LogP contribution < -0.4 is 9.47 Å². The molecule has 0 aromatic heterocycles. The Morgan fingerprint density at radius 1 is 1.40 bits per heavy atom. The van der Waals surface area contributed by atoms with Crippen LogP contribution in [0.2, 0.25) is 0 Å². The number of hydrogen-bond donors (Lipinski definition) is 0. The van der Waals surface area contributed by atoms with Crippen LogP contribution in [0.1, 0.15) is 18.9 Å². The third-order valence-corrected chi connectivity index (χ3v) is 2.97. The fourth-order valence-electron chi connectivity index (χ4n) is 1.64. The molecule has 1 aromatic carbocycles. The highest BCUT2D eigenvalue weighted by atomic mass is 16.5. The Morgan fingerprint density at radius 3 is 2.75 bits per heavy atom. The highest BCUT2D eigenvalue weighted by Gasteiger charge is 2.11. The molecule has 0 aliphatic carbocycles. The van der Waals surface area contributed by atoms with Gasteiger partial charge in [0.1, 0.15) is 0 Å². The van der Waals surface area contributed by atoms with Crippen molar-refractivity contribution in [2.75, 3.05) is 27.3 Å². The van der Waals surface area contributed by atoms with Crippen molar-refractivity contribution in [3.05, 3.63) is 23.8 Å². The molecule has 0 radical (unpaired) electrons. The summed E-state index contributed by atoms with van der Waals surface area (Å²) in [6.45, 7) is 2.40. The van der Waals surface area contributed by atoms with Crippen LogP contribution in [0.4, 0.5) is 0 Å². The van der Waals surface area contributed by atoms with Gasteiger partial charge in [-0.15, -0.1) is 0 Å². The predicted molar refractivity (Wildman–Crippen MR) is 75.7 cm³/mol. The largest absolute Gasteiger partial charge is 0.493 e. The Balaban J connectivity index is 2.61. The van der Waals surface area contributed by atoms with Crippen LogP contribution in [-0.2, 0) is 11.2 Å². The quantitative estimate of drug-likeness (QED) is 0.764. The van der Waals surface area contributed by atoms with Crippen molar-refractivity contribution in [1.29, 1.82) is 5.26 Å². The SMILES string of the molecule is CCc1ccc(OCC(=O)N(C)CCC#N)c(OC)c1. The van der Waals surface area contributed by atoms with Crippen LogP contribution in [0, 0.1) is 11.3 Å². The average Bonchev–Trinajstić information content (AvgIpc) is 2.49. The van der Waals surface area contributed by atoms with Crippen molar-refractivity contribution in [2.24, 2.45) is 0 Å². The molecule has 108 valence electrons. The summed E-state index contributed by atoms with van der Waals surface area (Å²) in [6, 6.07) is 7.66. The zero-order valence-electron chi connectivity index (χ0n) is 12.2. The fraction of sp³-hybridized carbons (Fsp3) is 0.467. The van der Waals surface area contributed by atoms with Gasteiger partial charge in [0.25, 0.3) is 5.91 Å². The molecular weight excluding hydrogens is 256 g/mol. The second kappa shape index (κ2) is 8.05. The minimum atomic E-state index is -0.165. The number of hydrogen-bond acceptors (Lipinski definition) is 4. The molecule has 0 aliphatic rings. The first kappa shape index (κ1) is 15.8. The van der Waals surface area contributed by atoms with E-state index < -0.39 is 0 Å². The first-order valence-corrected chi connectivity index (χ1v) is 6.53. The molecule has 5 nitrogen and oxygen atoms in total. The summed E-state index contributed by atoms with van der Waals surface area (Å²) in [5.41, 5.74) is 1.15. The molecule has 5 heteroatoms. The van der Waals surface area contributed by atoms with Crippen molar-refractivity contribution in [1.82, 2.24) is 4.90 Å². The van der Waals surface area contributed by atoms with Crippen LogP contribution in [-0.4, -0.2) is 38.1 Å². The Bertz CT molecular complexity index is 494. The van der Waals surface area contributed by atoms with Gasteiger partial charge >= 0.3 is 0 Å². The number of benzene rings is 1. The van der Waals surface area contributed by atoms with E-state index in [0.717, 1.165) is 12.0 Å². The summed E-state index contributed by atoms with van der Waals surface area (Å²) in [6.07, 6.45) is 1.23. The number of nitrogens with zero attached hydrogens (tertiary/aromatic N) is 2. The Morgan fingerprint density at radius 2 is 2.15 bits per heavy atom. The molecule has 0 fully saturated rings. The molecule has 0 unspecified atom stereocenters. The lowest BCUT2D eigenvalue weighted by Gasteiger charge is -2.17. The molecule has 1 aromatic rings. The summed E-state index contributed by atoms with van der Waals surface area (Å²) >= 11 is 0. The van der Waals surface area contributed by atoms with Crippen molar-refractivity contribution in [3.8, 4) is 17.6 Å². The van der Waals surface area contributed by atoms with Gasteiger partial charge in [-0.25, -0.2) is 0 Å². The highest BCUT2D eigenvalue weighted by Crippen LogP contribution is 2.28. The zero-order chi connectivity index (χ0) is 15.0. The minimum Gasteiger partial charge on any atom is -0.493 e. The molecule has 0 aliphatic heterocycles. The predicted octanol–water partition coefficient (Wildman–Crippen LogP) is 2.01. The maximum Gasteiger partial charge on any atom is 0.260 e. The first-order valence-electron chi connectivity index (χ1n) is 6.53. The second-order valence-corrected chi connectivity index (χ2v) is 4.35. The number of ether oxygens (including phenoxy) is 2. The number of nitriles is 1. The molecule has 0 atom stereocenters. The Hall–Kier alpha value is -2.22. The number of rotatable bonds is 7. The molecule has 1 amide bonds. The zero-order valence-corrected chi connectivity index (χ0v) is 12.2. The lowest BCUT2D eigenvalue weighted by molar-refractivity contribution is -0.132. The second-order valence-electron chi connectivity index (χ2n) is 4.35. The number of likely N-dealkylation sites (N-methyl/N-ethyl adjacent to an activating group) is 1. The van der Waals surface area contributed by atoms with Crippen molar-refractivity contribution < 1.29 is 14.3 Å². The fourth-order valence-corrected chi connectivity index (χ4v) is 1.64.